The van der Waals surface area contributed by atoms with E-state index in [0.717, 1.165) is 18.9 Å². The van der Waals surface area contributed by atoms with Crippen molar-refractivity contribution in [3.63, 3.8) is 0 Å². The summed E-state index contributed by atoms with van der Waals surface area (Å²) in [6.45, 7) is 0.934. The minimum Gasteiger partial charge on any atom is -0.365 e. The van der Waals surface area contributed by atoms with Gasteiger partial charge >= 0.3 is 0 Å². The molecule has 0 saturated heterocycles. The first-order valence-electron chi connectivity index (χ1n) is 11.6. The highest BCUT2D eigenvalue weighted by Crippen LogP contribution is 2.40. The van der Waals surface area contributed by atoms with Crippen LogP contribution in [0.25, 0.3) is 0 Å². The summed E-state index contributed by atoms with van der Waals surface area (Å²) in [6, 6.07) is 8.47. The molecule has 0 spiro atoms. The highest BCUT2D eigenvalue weighted by molar-refractivity contribution is 5.98. The van der Waals surface area contributed by atoms with Crippen LogP contribution in [-0.2, 0) is 12.1 Å². The van der Waals surface area contributed by atoms with Crippen LogP contribution in [0.15, 0.2) is 42.7 Å². The summed E-state index contributed by atoms with van der Waals surface area (Å²) in [7, 11) is 0. The van der Waals surface area contributed by atoms with Crippen molar-refractivity contribution in [1.29, 1.82) is 5.26 Å². The molecule has 0 radical (unpaired) electrons. The Hall–Kier alpha value is -3.91. The summed E-state index contributed by atoms with van der Waals surface area (Å²) in [5.74, 6) is -2.10. The number of primary amides is 1. The quantitative estimate of drug-likeness (QED) is 0.382. The van der Waals surface area contributed by atoms with E-state index in [-0.39, 0.29) is 24.3 Å². The van der Waals surface area contributed by atoms with Gasteiger partial charge in [-0.25, -0.2) is 13.8 Å². The van der Waals surface area contributed by atoms with Crippen molar-refractivity contribution < 1.29 is 18.0 Å². The molecule has 1 aromatic carbocycles. The number of carbonyl (C=O) groups is 1. The van der Waals surface area contributed by atoms with Crippen molar-refractivity contribution in [3.05, 3.63) is 71.4 Å². The number of benzene rings is 1. The smallest absolute Gasteiger partial charge is 0.254 e. The Morgan fingerprint density at radius 3 is 2.67 bits per heavy atom. The molecular weight excluding hydrogens is 471 g/mol. The summed E-state index contributed by atoms with van der Waals surface area (Å²) in [5.41, 5.74) is 5.83. The summed E-state index contributed by atoms with van der Waals surface area (Å²) >= 11 is 0. The highest BCUT2D eigenvalue weighted by Gasteiger charge is 2.38. The third kappa shape index (κ3) is 5.66. The van der Waals surface area contributed by atoms with E-state index >= 15 is 0 Å². The SMILES string of the molecule is N#CCC1(n2cc(C(N)=O)c(Nc3ccnc(F)c3)n2)CCC(CNCc2ccc(F)cc2F)CC1. The van der Waals surface area contributed by atoms with Gasteiger partial charge in [0.15, 0.2) is 5.82 Å². The van der Waals surface area contributed by atoms with E-state index < -0.39 is 29.0 Å². The van der Waals surface area contributed by atoms with Crippen molar-refractivity contribution in [3.8, 4) is 6.07 Å². The number of hydrogen-bond donors (Lipinski definition) is 3. The molecule has 1 amide bonds. The normalized spacial score (nSPS) is 19.6. The topological polar surface area (TPSA) is 122 Å². The maximum atomic E-state index is 13.9. The second kappa shape index (κ2) is 10.8. The highest BCUT2D eigenvalue weighted by atomic mass is 19.1. The Kier molecular flexibility index (Phi) is 7.55. The van der Waals surface area contributed by atoms with Crippen LogP contribution in [0.3, 0.4) is 0 Å². The monoisotopic (exact) mass is 497 g/mol. The maximum absolute atomic E-state index is 13.9. The van der Waals surface area contributed by atoms with Crippen LogP contribution in [0.2, 0.25) is 0 Å². The van der Waals surface area contributed by atoms with Crippen LogP contribution in [0.5, 0.6) is 0 Å². The van der Waals surface area contributed by atoms with Gasteiger partial charge in [0.05, 0.1) is 18.0 Å². The average Bonchev–Trinajstić information content (AvgIpc) is 3.26. The van der Waals surface area contributed by atoms with Crippen LogP contribution in [-0.4, -0.2) is 27.2 Å². The fourth-order valence-corrected chi connectivity index (χ4v) is 4.64. The Labute approximate surface area is 206 Å². The van der Waals surface area contributed by atoms with Gasteiger partial charge in [0, 0.05) is 42.3 Å². The molecule has 188 valence electrons. The molecule has 0 unspecified atom stereocenters. The van der Waals surface area contributed by atoms with Crippen molar-refractivity contribution in [2.75, 3.05) is 11.9 Å². The lowest BCUT2D eigenvalue weighted by atomic mass is 9.75. The number of halogens is 3. The van der Waals surface area contributed by atoms with Crippen LogP contribution >= 0.6 is 0 Å². The molecule has 1 aliphatic carbocycles. The van der Waals surface area contributed by atoms with E-state index in [2.05, 4.69) is 26.8 Å². The van der Waals surface area contributed by atoms with Gasteiger partial charge in [-0.3, -0.25) is 9.48 Å². The number of amides is 1. The molecule has 36 heavy (non-hydrogen) atoms. The van der Waals surface area contributed by atoms with Gasteiger partial charge in [-0.1, -0.05) is 6.07 Å². The lowest BCUT2D eigenvalue weighted by Gasteiger charge is -2.39. The molecule has 1 saturated carbocycles. The van der Waals surface area contributed by atoms with Crippen LogP contribution in [0.1, 0.15) is 48.0 Å². The lowest BCUT2D eigenvalue weighted by molar-refractivity contribution is 0.1000. The zero-order chi connectivity index (χ0) is 25.7. The Balaban J connectivity index is 1.44. The number of nitriles is 1. The lowest BCUT2D eigenvalue weighted by Crippen LogP contribution is -2.40. The van der Waals surface area contributed by atoms with Gasteiger partial charge in [-0.2, -0.15) is 14.8 Å². The van der Waals surface area contributed by atoms with Crippen LogP contribution in [0.4, 0.5) is 24.7 Å². The predicted molar refractivity (Wildman–Crippen MR) is 126 cm³/mol. The number of nitrogens with one attached hydrogen (secondary N) is 2. The van der Waals surface area contributed by atoms with Crippen molar-refractivity contribution in [1.82, 2.24) is 20.1 Å². The minimum atomic E-state index is -0.698. The van der Waals surface area contributed by atoms with E-state index in [0.29, 0.717) is 36.6 Å². The van der Waals surface area contributed by atoms with Gasteiger partial charge < -0.3 is 16.4 Å². The van der Waals surface area contributed by atoms with Gasteiger partial charge in [-0.05, 0) is 50.3 Å². The fraction of sp³-hybridized carbons (Fsp3) is 0.360. The zero-order valence-electron chi connectivity index (χ0n) is 19.5. The van der Waals surface area contributed by atoms with Gasteiger partial charge in [0.25, 0.3) is 5.91 Å². The number of carbonyl (C=O) groups excluding carboxylic acids is 1. The summed E-state index contributed by atoms with van der Waals surface area (Å²) in [4.78, 5) is 15.6. The van der Waals surface area contributed by atoms with E-state index in [1.165, 1.54) is 36.7 Å². The van der Waals surface area contributed by atoms with Gasteiger partial charge in [-0.15, -0.1) is 0 Å². The Bertz CT molecular complexity index is 1280. The number of nitrogens with zero attached hydrogens (tertiary/aromatic N) is 4. The number of rotatable bonds is 9. The molecule has 1 aliphatic rings. The largest absolute Gasteiger partial charge is 0.365 e. The van der Waals surface area contributed by atoms with E-state index in [4.69, 9.17) is 5.73 Å². The molecule has 0 aliphatic heterocycles. The standard InChI is InChI=1S/C25H26F3N7O/c26-18-2-1-17(21(27)11-18)14-31-13-16-3-6-25(7-4-16,8-9-29)35-15-20(23(30)36)24(34-35)33-19-5-10-32-22(28)12-19/h1-2,5,10-12,15-16,31H,3-4,6-8,13-14H2,(H2,30,36)(H,32,33,34). The van der Waals surface area contributed by atoms with Crippen LogP contribution < -0.4 is 16.4 Å². The number of pyridine rings is 1. The number of anilines is 2. The van der Waals surface area contributed by atoms with Crippen molar-refractivity contribution >= 4 is 17.4 Å². The van der Waals surface area contributed by atoms with Crippen molar-refractivity contribution in [2.45, 2.75) is 44.2 Å². The molecule has 4 N–H and O–H groups in total. The molecule has 0 bridgehead atoms. The molecule has 0 atom stereocenters. The number of nitrogens with two attached hydrogens (primary N) is 1. The Morgan fingerprint density at radius 2 is 2.00 bits per heavy atom. The Morgan fingerprint density at radius 1 is 1.22 bits per heavy atom. The number of hydrogen-bond acceptors (Lipinski definition) is 6. The number of aromatic nitrogens is 3. The van der Waals surface area contributed by atoms with Crippen LogP contribution in [0, 0.1) is 34.8 Å². The molecule has 4 rings (SSSR count). The van der Waals surface area contributed by atoms with E-state index in [1.807, 2.05) is 0 Å². The molecule has 1 fully saturated rings. The molecule has 11 heteroatoms. The minimum absolute atomic E-state index is 0.134. The molecule has 2 heterocycles. The van der Waals surface area contributed by atoms with Gasteiger partial charge in [0.1, 0.15) is 17.2 Å². The average molecular weight is 498 g/mol. The van der Waals surface area contributed by atoms with Gasteiger partial charge in [0.2, 0.25) is 5.95 Å². The molecule has 3 aromatic rings. The first kappa shape index (κ1) is 25.2. The maximum Gasteiger partial charge on any atom is 0.254 e. The molecule has 8 nitrogen and oxygen atoms in total. The first-order valence-corrected chi connectivity index (χ1v) is 11.6. The second-order valence-electron chi connectivity index (χ2n) is 9.06. The third-order valence-corrected chi connectivity index (χ3v) is 6.66. The first-order chi connectivity index (χ1) is 17.3. The zero-order valence-corrected chi connectivity index (χ0v) is 19.5. The predicted octanol–water partition coefficient (Wildman–Crippen LogP) is 4.13. The van der Waals surface area contributed by atoms with E-state index in [9.17, 15) is 23.2 Å². The summed E-state index contributed by atoms with van der Waals surface area (Å²) in [6.07, 6.45) is 5.86. The fourth-order valence-electron chi connectivity index (χ4n) is 4.64. The third-order valence-electron chi connectivity index (χ3n) is 6.66. The van der Waals surface area contributed by atoms with Crippen molar-refractivity contribution in [2.24, 2.45) is 11.7 Å². The molecular formula is C25H26F3N7O. The molecule has 2 aromatic heterocycles. The summed E-state index contributed by atoms with van der Waals surface area (Å²) < 4.78 is 42.1. The second-order valence-corrected chi connectivity index (χ2v) is 9.06. The summed E-state index contributed by atoms with van der Waals surface area (Å²) in [5, 5.41) is 20.2. The van der Waals surface area contributed by atoms with E-state index in [1.54, 1.807) is 4.68 Å².